The number of carbonyl (C=O) groups excluding carboxylic acids is 1. The second kappa shape index (κ2) is 9.29. The van der Waals surface area contributed by atoms with Crippen LogP contribution in [0.2, 0.25) is 5.02 Å². The minimum Gasteiger partial charge on any atom is -0.308 e. The third-order valence-corrected chi connectivity index (χ3v) is 5.28. The highest BCUT2D eigenvalue weighted by molar-refractivity contribution is 7.22. The van der Waals surface area contributed by atoms with Gasteiger partial charge in [0.1, 0.15) is 5.52 Å². The van der Waals surface area contributed by atoms with Gasteiger partial charge < -0.3 is 4.90 Å². The van der Waals surface area contributed by atoms with Crippen molar-refractivity contribution in [2.24, 2.45) is 0 Å². The number of thiazole rings is 1. The van der Waals surface area contributed by atoms with Crippen LogP contribution in [0, 0.1) is 10.1 Å². The summed E-state index contributed by atoms with van der Waals surface area (Å²) in [5.74, 6) is -0.262. The predicted octanol–water partition coefficient (Wildman–Crippen LogP) is 4.49. The van der Waals surface area contributed by atoms with Gasteiger partial charge in [-0.3, -0.25) is 19.8 Å². The lowest BCUT2D eigenvalue weighted by molar-refractivity contribution is -0.384. The van der Waals surface area contributed by atoms with E-state index in [2.05, 4.69) is 4.98 Å². The number of nitro groups is 1. The SMILES string of the molecule is CN(C)CCN(C(=O)c1ccc([N+](=O)[O-])cc1)c1nc2c(Cl)cccc2s1.Cl. The van der Waals surface area contributed by atoms with Crippen molar-refractivity contribution in [2.45, 2.75) is 0 Å². The molecule has 1 amide bonds. The molecule has 0 aliphatic rings. The first kappa shape index (κ1) is 22.0. The number of benzene rings is 2. The quantitative estimate of drug-likeness (QED) is 0.416. The van der Waals surface area contributed by atoms with E-state index in [4.69, 9.17) is 11.6 Å². The van der Waals surface area contributed by atoms with Crippen molar-refractivity contribution in [3.8, 4) is 0 Å². The first-order valence-electron chi connectivity index (χ1n) is 8.13. The van der Waals surface area contributed by atoms with Gasteiger partial charge in [-0.1, -0.05) is 29.0 Å². The molecule has 148 valence electrons. The Morgan fingerprint density at radius 1 is 1.18 bits per heavy atom. The number of fused-ring (bicyclic) bond motifs is 1. The van der Waals surface area contributed by atoms with Gasteiger partial charge in [-0.15, -0.1) is 12.4 Å². The number of para-hydroxylation sites is 1. The fourth-order valence-corrected chi connectivity index (χ4v) is 3.77. The molecule has 0 saturated carbocycles. The molecule has 7 nitrogen and oxygen atoms in total. The molecule has 0 bridgehead atoms. The Hall–Kier alpha value is -2.26. The number of anilines is 1. The number of nitrogens with zero attached hydrogens (tertiary/aromatic N) is 4. The van der Waals surface area contributed by atoms with Crippen molar-refractivity contribution in [3.05, 3.63) is 63.2 Å². The van der Waals surface area contributed by atoms with E-state index in [0.717, 1.165) is 4.70 Å². The summed E-state index contributed by atoms with van der Waals surface area (Å²) >= 11 is 7.60. The average molecular weight is 441 g/mol. The topological polar surface area (TPSA) is 79.6 Å². The van der Waals surface area contributed by atoms with Crippen LogP contribution in [0.5, 0.6) is 0 Å². The maximum atomic E-state index is 13.1. The fraction of sp³-hybridized carbons (Fsp3) is 0.222. The standard InChI is InChI=1S/C18H17ClN4O3S.ClH/c1-21(2)10-11-22(17(24)12-6-8-13(9-7-12)23(25)26)18-20-16-14(19)4-3-5-15(16)27-18;/h3-9H,10-11H2,1-2H3;1H. The molecule has 3 rings (SSSR count). The minimum absolute atomic E-state index is 0. The highest BCUT2D eigenvalue weighted by Gasteiger charge is 2.22. The molecule has 1 aromatic heterocycles. The van der Waals surface area contributed by atoms with Crippen LogP contribution in [0.3, 0.4) is 0 Å². The molecule has 1 heterocycles. The molecule has 0 fully saturated rings. The van der Waals surface area contributed by atoms with Crippen molar-refractivity contribution in [1.82, 2.24) is 9.88 Å². The van der Waals surface area contributed by atoms with E-state index in [1.54, 1.807) is 11.0 Å². The monoisotopic (exact) mass is 440 g/mol. The maximum Gasteiger partial charge on any atom is 0.269 e. The van der Waals surface area contributed by atoms with Crippen molar-refractivity contribution in [1.29, 1.82) is 0 Å². The number of hydrogen-bond acceptors (Lipinski definition) is 6. The summed E-state index contributed by atoms with van der Waals surface area (Å²) in [6.07, 6.45) is 0. The number of hydrogen-bond donors (Lipinski definition) is 0. The molecule has 2 aromatic carbocycles. The highest BCUT2D eigenvalue weighted by Crippen LogP contribution is 2.33. The Balaban J connectivity index is 0.00000280. The molecule has 0 aliphatic heterocycles. The van der Waals surface area contributed by atoms with Crippen LogP contribution in [0.15, 0.2) is 42.5 Å². The van der Waals surface area contributed by atoms with Gasteiger partial charge in [-0.2, -0.15) is 0 Å². The van der Waals surface area contributed by atoms with Crippen LogP contribution < -0.4 is 4.90 Å². The van der Waals surface area contributed by atoms with Gasteiger partial charge in [0.15, 0.2) is 5.13 Å². The molecule has 10 heteroatoms. The molecule has 0 saturated heterocycles. The predicted molar refractivity (Wildman–Crippen MR) is 115 cm³/mol. The number of amides is 1. The van der Waals surface area contributed by atoms with E-state index >= 15 is 0 Å². The lowest BCUT2D eigenvalue weighted by atomic mass is 10.2. The number of aromatic nitrogens is 1. The van der Waals surface area contributed by atoms with Gasteiger partial charge in [0.05, 0.1) is 14.6 Å². The number of non-ortho nitro benzene ring substituents is 1. The van der Waals surface area contributed by atoms with Crippen molar-refractivity contribution in [2.75, 3.05) is 32.1 Å². The molecule has 0 atom stereocenters. The van der Waals surface area contributed by atoms with E-state index in [1.165, 1.54) is 35.6 Å². The molecule has 0 aliphatic carbocycles. The number of likely N-dealkylation sites (N-methyl/N-ethyl adjacent to an activating group) is 1. The van der Waals surface area contributed by atoms with Crippen LogP contribution in [0.4, 0.5) is 10.8 Å². The molecule has 0 radical (unpaired) electrons. The molecule has 3 aromatic rings. The Morgan fingerprint density at radius 3 is 2.43 bits per heavy atom. The Morgan fingerprint density at radius 2 is 1.86 bits per heavy atom. The second-order valence-corrected chi connectivity index (χ2v) is 7.56. The lowest BCUT2D eigenvalue weighted by Gasteiger charge is -2.22. The molecule has 28 heavy (non-hydrogen) atoms. The third-order valence-electron chi connectivity index (χ3n) is 3.93. The molecular formula is C18H18Cl2N4O3S. The molecular weight excluding hydrogens is 423 g/mol. The van der Waals surface area contributed by atoms with Crippen molar-refractivity contribution in [3.63, 3.8) is 0 Å². The summed E-state index contributed by atoms with van der Waals surface area (Å²) in [6.45, 7) is 1.07. The summed E-state index contributed by atoms with van der Waals surface area (Å²) in [6, 6.07) is 11.1. The maximum absolute atomic E-state index is 13.1. The summed E-state index contributed by atoms with van der Waals surface area (Å²) < 4.78 is 0.892. The fourth-order valence-electron chi connectivity index (χ4n) is 2.48. The van der Waals surface area contributed by atoms with E-state index < -0.39 is 4.92 Å². The number of halogens is 2. The number of nitro benzene ring substituents is 1. The van der Waals surface area contributed by atoms with Gasteiger partial charge in [0.25, 0.3) is 11.6 Å². The smallest absolute Gasteiger partial charge is 0.269 e. The minimum atomic E-state index is -0.492. The lowest BCUT2D eigenvalue weighted by Crippen LogP contribution is -2.36. The van der Waals surface area contributed by atoms with Crippen LogP contribution in [0.1, 0.15) is 10.4 Å². The third kappa shape index (κ3) is 4.77. The summed E-state index contributed by atoms with van der Waals surface area (Å²) in [7, 11) is 3.84. The van der Waals surface area contributed by atoms with Gasteiger partial charge >= 0.3 is 0 Å². The van der Waals surface area contributed by atoms with Crippen molar-refractivity contribution >= 4 is 62.3 Å². The average Bonchev–Trinajstić information content (AvgIpc) is 3.07. The Bertz CT molecular complexity index is 992. The molecule has 0 N–H and O–H groups in total. The summed E-state index contributed by atoms with van der Waals surface area (Å²) in [5.41, 5.74) is 0.966. The van der Waals surface area contributed by atoms with E-state index in [9.17, 15) is 14.9 Å². The van der Waals surface area contributed by atoms with E-state index in [1.807, 2.05) is 31.1 Å². The first-order valence-corrected chi connectivity index (χ1v) is 9.32. The van der Waals surface area contributed by atoms with Gasteiger partial charge in [-0.05, 0) is 38.4 Å². The summed E-state index contributed by atoms with van der Waals surface area (Å²) in [4.78, 5) is 31.5. The van der Waals surface area contributed by atoms with Crippen LogP contribution in [-0.4, -0.2) is 47.9 Å². The van der Waals surface area contributed by atoms with E-state index in [-0.39, 0.29) is 24.0 Å². The van der Waals surface area contributed by atoms with Crippen LogP contribution >= 0.6 is 35.3 Å². The zero-order valence-corrected chi connectivity index (χ0v) is 17.6. The van der Waals surface area contributed by atoms with Crippen LogP contribution in [-0.2, 0) is 0 Å². The van der Waals surface area contributed by atoms with Gasteiger partial charge in [0, 0.05) is 30.8 Å². The number of carbonyl (C=O) groups is 1. The van der Waals surface area contributed by atoms with Crippen molar-refractivity contribution < 1.29 is 9.72 Å². The molecule has 0 spiro atoms. The van der Waals surface area contributed by atoms with E-state index in [0.29, 0.717) is 34.3 Å². The van der Waals surface area contributed by atoms with Crippen LogP contribution in [0.25, 0.3) is 10.2 Å². The summed E-state index contributed by atoms with van der Waals surface area (Å²) in [5, 5.41) is 11.9. The Kier molecular flexibility index (Phi) is 7.31. The second-order valence-electron chi connectivity index (χ2n) is 6.15. The highest BCUT2D eigenvalue weighted by atomic mass is 35.5. The zero-order valence-electron chi connectivity index (χ0n) is 15.2. The Labute approximate surface area is 177 Å². The largest absolute Gasteiger partial charge is 0.308 e. The molecule has 0 unspecified atom stereocenters. The van der Waals surface area contributed by atoms with Gasteiger partial charge in [0.2, 0.25) is 0 Å². The zero-order chi connectivity index (χ0) is 19.6. The normalized spacial score (nSPS) is 10.7. The number of rotatable bonds is 6. The first-order chi connectivity index (χ1) is 12.9. The van der Waals surface area contributed by atoms with Gasteiger partial charge in [-0.25, -0.2) is 4.98 Å².